The zero-order valence-corrected chi connectivity index (χ0v) is 11.1. The molecule has 1 aromatic heterocycles. The van der Waals surface area contributed by atoms with E-state index in [9.17, 15) is 8.42 Å². The maximum atomic E-state index is 11.4. The van der Waals surface area contributed by atoms with Crippen LogP contribution < -0.4 is 11.3 Å². The van der Waals surface area contributed by atoms with Crippen LogP contribution in [0.3, 0.4) is 0 Å². The van der Waals surface area contributed by atoms with E-state index in [-0.39, 0.29) is 17.5 Å². The summed E-state index contributed by atoms with van der Waals surface area (Å²) in [5, 5.41) is 9.19. The number of hydrazine groups is 1. The highest BCUT2D eigenvalue weighted by Crippen LogP contribution is 2.20. The number of nitrogens with two attached hydrogens (primary N) is 1. The van der Waals surface area contributed by atoms with Gasteiger partial charge < -0.3 is 0 Å². The predicted octanol–water partition coefficient (Wildman–Crippen LogP) is -0.557. The van der Waals surface area contributed by atoms with E-state index in [1.54, 1.807) is 0 Å². The van der Waals surface area contributed by atoms with Crippen molar-refractivity contribution in [2.75, 3.05) is 24.0 Å². The van der Waals surface area contributed by atoms with Crippen LogP contribution in [0.2, 0.25) is 0 Å². The van der Waals surface area contributed by atoms with Gasteiger partial charge in [0.05, 0.1) is 18.1 Å². The van der Waals surface area contributed by atoms with Crippen molar-refractivity contribution in [3.05, 3.63) is 5.01 Å². The summed E-state index contributed by atoms with van der Waals surface area (Å²) in [4.78, 5) is 2.01. The first-order valence-corrected chi connectivity index (χ1v) is 7.83. The third-order valence-corrected chi connectivity index (χ3v) is 5.40. The van der Waals surface area contributed by atoms with Crippen molar-refractivity contribution in [3.63, 3.8) is 0 Å². The molecule has 1 fully saturated rings. The molecular formula is C8H15N5O2S2. The van der Waals surface area contributed by atoms with E-state index in [1.165, 1.54) is 11.3 Å². The number of nitrogens with one attached hydrogen (secondary N) is 1. The normalized spacial score (nSPS) is 23.1. The molecule has 2 rings (SSSR count). The summed E-state index contributed by atoms with van der Waals surface area (Å²) in [6.45, 7) is 0.597. The van der Waals surface area contributed by atoms with Crippen LogP contribution >= 0.6 is 11.3 Å². The molecule has 7 nitrogen and oxygen atoms in total. The highest BCUT2D eigenvalue weighted by molar-refractivity contribution is 7.91. The Morgan fingerprint density at radius 3 is 2.88 bits per heavy atom. The molecule has 1 atom stereocenters. The number of nitrogen functional groups attached to an aromatic ring is 1. The Balaban J connectivity index is 1.95. The quantitative estimate of drug-likeness (QED) is 0.562. The molecular weight excluding hydrogens is 262 g/mol. The van der Waals surface area contributed by atoms with Crippen LogP contribution in [0.15, 0.2) is 0 Å². The van der Waals surface area contributed by atoms with Crippen LogP contribution in [-0.4, -0.2) is 48.1 Å². The van der Waals surface area contributed by atoms with E-state index in [0.717, 1.165) is 5.01 Å². The summed E-state index contributed by atoms with van der Waals surface area (Å²) in [6.07, 6.45) is 0.694. The molecule has 0 aromatic carbocycles. The molecule has 3 N–H and O–H groups in total. The zero-order chi connectivity index (χ0) is 12.5. The van der Waals surface area contributed by atoms with Crippen molar-refractivity contribution in [1.82, 2.24) is 15.1 Å². The Kier molecular flexibility index (Phi) is 3.61. The molecule has 17 heavy (non-hydrogen) atoms. The fourth-order valence-electron chi connectivity index (χ4n) is 1.84. The summed E-state index contributed by atoms with van der Waals surface area (Å²) >= 11 is 1.37. The SMILES string of the molecule is CN(Cc1nnc(NN)s1)C1CCS(=O)(=O)C1. The molecule has 1 unspecified atom stereocenters. The Labute approximate surface area is 104 Å². The van der Waals surface area contributed by atoms with Gasteiger partial charge in [-0.15, -0.1) is 10.2 Å². The smallest absolute Gasteiger partial charge is 0.219 e. The molecule has 0 aliphatic carbocycles. The van der Waals surface area contributed by atoms with Gasteiger partial charge >= 0.3 is 0 Å². The van der Waals surface area contributed by atoms with Crippen molar-refractivity contribution in [2.24, 2.45) is 5.84 Å². The molecule has 2 heterocycles. The molecule has 96 valence electrons. The fourth-order valence-corrected chi connectivity index (χ4v) is 4.36. The van der Waals surface area contributed by atoms with Gasteiger partial charge in [0.25, 0.3) is 0 Å². The van der Waals surface area contributed by atoms with E-state index >= 15 is 0 Å². The molecule has 0 spiro atoms. The van der Waals surface area contributed by atoms with Crippen LogP contribution in [0.5, 0.6) is 0 Å². The first kappa shape index (κ1) is 12.7. The Bertz CT molecular complexity index is 486. The Morgan fingerprint density at radius 1 is 1.59 bits per heavy atom. The van der Waals surface area contributed by atoms with Crippen LogP contribution in [0.1, 0.15) is 11.4 Å². The molecule has 0 amide bonds. The molecule has 1 saturated heterocycles. The van der Waals surface area contributed by atoms with Gasteiger partial charge in [-0.1, -0.05) is 11.3 Å². The van der Waals surface area contributed by atoms with E-state index in [1.807, 2.05) is 11.9 Å². The van der Waals surface area contributed by atoms with Gasteiger partial charge in [-0.05, 0) is 13.5 Å². The minimum atomic E-state index is -2.84. The monoisotopic (exact) mass is 277 g/mol. The highest BCUT2D eigenvalue weighted by atomic mass is 32.2. The second-order valence-corrected chi connectivity index (χ2v) is 7.41. The second kappa shape index (κ2) is 4.84. The van der Waals surface area contributed by atoms with Gasteiger partial charge in [0.2, 0.25) is 5.13 Å². The largest absolute Gasteiger partial charge is 0.298 e. The molecule has 0 saturated carbocycles. The molecule has 1 aliphatic heterocycles. The predicted molar refractivity (Wildman–Crippen MR) is 66.2 cm³/mol. The van der Waals surface area contributed by atoms with Gasteiger partial charge in [0.15, 0.2) is 9.84 Å². The summed E-state index contributed by atoms with van der Waals surface area (Å²) in [6, 6.07) is 0.0817. The lowest BCUT2D eigenvalue weighted by Crippen LogP contribution is -2.32. The van der Waals surface area contributed by atoms with Crippen LogP contribution in [0, 0.1) is 0 Å². The first-order valence-electron chi connectivity index (χ1n) is 5.20. The number of aromatic nitrogens is 2. The average molecular weight is 277 g/mol. The number of nitrogens with zero attached hydrogens (tertiary/aromatic N) is 3. The lowest BCUT2D eigenvalue weighted by atomic mass is 10.2. The number of sulfone groups is 1. The molecule has 9 heteroatoms. The number of rotatable bonds is 4. The molecule has 0 radical (unpaired) electrons. The summed E-state index contributed by atoms with van der Waals surface area (Å²) in [5.74, 6) is 5.74. The topological polar surface area (TPSA) is 101 Å². The fraction of sp³-hybridized carbons (Fsp3) is 0.750. The van der Waals surface area contributed by atoms with E-state index < -0.39 is 9.84 Å². The van der Waals surface area contributed by atoms with Crippen molar-refractivity contribution in [2.45, 2.75) is 19.0 Å². The van der Waals surface area contributed by atoms with Gasteiger partial charge in [-0.2, -0.15) is 0 Å². The van der Waals surface area contributed by atoms with Crippen molar-refractivity contribution in [3.8, 4) is 0 Å². The van der Waals surface area contributed by atoms with Crippen molar-refractivity contribution >= 4 is 26.3 Å². The number of hydrogen-bond acceptors (Lipinski definition) is 8. The van der Waals surface area contributed by atoms with Gasteiger partial charge in [0.1, 0.15) is 5.01 Å². The lowest BCUT2D eigenvalue weighted by molar-refractivity contribution is 0.253. The van der Waals surface area contributed by atoms with Gasteiger partial charge in [0, 0.05) is 6.04 Å². The standard InChI is InChI=1S/C8H15N5O2S2/c1-13(6-2-3-17(14,15)5-6)4-7-11-12-8(10-9)16-7/h6H,2-5,9H2,1H3,(H,10,12). The maximum Gasteiger partial charge on any atom is 0.219 e. The summed E-state index contributed by atoms with van der Waals surface area (Å²) in [5.41, 5.74) is 2.43. The van der Waals surface area contributed by atoms with Crippen LogP contribution in [0.25, 0.3) is 0 Å². The summed E-state index contributed by atoms with van der Waals surface area (Å²) < 4.78 is 22.7. The molecule has 0 bridgehead atoms. The number of anilines is 1. The third-order valence-electron chi connectivity index (χ3n) is 2.81. The Hall–Kier alpha value is -0.770. The van der Waals surface area contributed by atoms with E-state index in [0.29, 0.717) is 18.1 Å². The third kappa shape index (κ3) is 3.12. The first-order chi connectivity index (χ1) is 8.00. The highest BCUT2D eigenvalue weighted by Gasteiger charge is 2.30. The minimum absolute atomic E-state index is 0.0817. The van der Waals surface area contributed by atoms with E-state index in [4.69, 9.17) is 5.84 Å². The lowest BCUT2D eigenvalue weighted by Gasteiger charge is -2.21. The zero-order valence-electron chi connectivity index (χ0n) is 9.46. The van der Waals surface area contributed by atoms with Crippen LogP contribution in [0.4, 0.5) is 5.13 Å². The van der Waals surface area contributed by atoms with E-state index in [2.05, 4.69) is 15.6 Å². The maximum absolute atomic E-state index is 11.4. The van der Waals surface area contributed by atoms with Gasteiger partial charge in [-0.25, -0.2) is 14.3 Å². The van der Waals surface area contributed by atoms with Gasteiger partial charge in [-0.3, -0.25) is 10.3 Å². The van der Waals surface area contributed by atoms with Crippen LogP contribution in [-0.2, 0) is 16.4 Å². The number of hydrogen-bond donors (Lipinski definition) is 2. The molecule has 1 aliphatic rings. The Morgan fingerprint density at radius 2 is 2.35 bits per heavy atom. The van der Waals surface area contributed by atoms with Crippen molar-refractivity contribution < 1.29 is 8.42 Å². The second-order valence-electron chi connectivity index (χ2n) is 4.12. The average Bonchev–Trinajstić information content (AvgIpc) is 2.84. The van der Waals surface area contributed by atoms with Crippen molar-refractivity contribution in [1.29, 1.82) is 0 Å². The minimum Gasteiger partial charge on any atom is -0.298 e. The summed E-state index contributed by atoms with van der Waals surface area (Å²) in [7, 11) is -0.934. The molecule has 1 aromatic rings.